The van der Waals surface area contributed by atoms with Crippen molar-refractivity contribution in [2.75, 3.05) is 13.2 Å². The first-order valence-corrected chi connectivity index (χ1v) is 5.29. The normalized spacial score (nSPS) is 29.1. The molecule has 0 aromatic rings. The lowest BCUT2D eigenvalue weighted by atomic mass is 9.90. The van der Waals surface area contributed by atoms with Crippen LogP contribution in [0.2, 0.25) is 0 Å². The highest BCUT2D eigenvalue weighted by atomic mass is 16.3. The van der Waals surface area contributed by atoms with Gasteiger partial charge in [-0.15, -0.1) is 0 Å². The molecule has 0 aliphatic heterocycles. The minimum absolute atomic E-state index is 0.00745. The van der Waals surface area contributed by atoms with E-state index in [4.69, 9.17) is 10.2 Å². The standard InChI is InChI=1S/C10H21NO3/c1-10(6-12,7-13)11-8-4-2-3-5-9(8)14/h8-9,11-14H,2-7H2,1H3/t8-,9-/m1/s1. The monoisotopic (exact) mass is 203 g/mol. The maximum Gasteiger partial charge on any atom is 0.0693 e. The fourth-order valence-corrected chi connectivity index (χ4v) is 1.87. The average molecular weight is 203 g/mol. The predicted molar refractivity (Wildman–Crippen MR) is 54.0 cm³/mol. The Morgan fingerprint density at radius 2 is 1.79 bits per heavy atom. The van der Waals surface area contributed by atoms with Crippen LogP contribution in [0.1, 0.15) is 32.6 Å². The minimum Gasteiger partial charge on any atom is -0.394 e. The molecular weight excluding hydrogens is 182 g/mol. The Labute approximate surface area is 85.0 Å². The van der Waals surface area contributed by atoms with Crippen LogP contribution >= 0.6 is 0 Å². The molecule has 1 aliphatic carbocycles. The average Bonchev–Trinajstić information content (AvgIpc) is 2.21. The van der Waals surface area contributed by atoms with E-state index in [9.17, 15) is 5.11 Å². The van der Waals surface area contributed by atoms with E-state index in [2.05, 4.69) is 5.32 Å². The molecule has 4 heteroatoms. The minimum atomic E-state index is -0.678. The van der Waals surface area contributed by atoms with Gasteiger partial charge in [0.15, 0.2) is 0 Å². The number of aliphatic hydroxyl groups excluding tert-OH is 3. The molecule has 0 unspecified atom stereocenters. The second-order valence-corrected chi connectivity index (χ2v) is 4.48. The summed E-state index contributed by atoms with van der Waals surface area (Å²) in [6, 6.07) is 0.00745. The van der Waals surface area contributed by atoms with Crippen molar-refractivity contribution < 1.29 is 15.3 Å². The van der Waals surface area contributed by atoms with Crippen LogP contribution < -0.4 is 5.32 Å². The Balaban J connectivity index is 2.48. The van der Waals surface area contributed by atoms with Crippen LogP contribution in [0, 0.1) is 0 Å². The largest absolute Gasteiger partial charge is 0.394 e. The molecular formula is C10H21NO3. The molecule has 0 saturated heterocycles. The first-order valence-electron chi connectivity index (χ1n) is 5.29. The van der Waals surface area contributed by atoms with Gasteiger partial charge in [0.05, 0.1) is 24.9 Å². The molecule has 0 aromatic heterocycles. The molecule has 0 amide bonds. The van der Waals surface area contributed by atoms with E-state index >= 15 is 0 Å². The zero-order valence-electron chi connectivity index (χ0n) is 8.74. The summed E-state index contributed by atoms with van der Waals surface area (Å²) >= 11 is 0. The van der Waals surface area contributed by atoms with Gasteiger partial charge in [0.2, 0.25) is 0 Å². The first kappa shape index (κ1) is 11.9. The number of rotatable bonds is 4. The molecule has 1 saturated carbocycles. The van der Waals surface area contributed by atoms with Gasteiger partial charge in [-0.3, -0.25) is 0 Å². The third-order valence-electron chi connectivity index (χ3n) is 2.96. The van der Waals surface area contributed by atoms with Crippen LogP contribution in [0.15, 0.2) is 0 Å². The van der Waals surface area contributed by atoms with Gasteiger partial charge in [0.1, 0.15) is 0 Å². The quantitative estimate of drug-likeness (QED) is 0.503. The highest BCUT2D eigenvalue weighted by Gasteiger charge is 2.30. The second-order valence-electron chi connectivity index (χ2n) is 4.48. The molecule has 4 N–H and O–H groups in total. The lowest BCUT2D eigenvalue weighted by Crippen LogP contribution is -2.57. The summed E-state index contributed by atoms with van der Waals surface area (Å²) < 4.78 is 0. The zero-order valence-corrected chi connectivity index (χ0v) is 8.74. The van der Waals surface area contributed by atoms with Crippen molar-refractivity contribution in [3.05, 3.63) is 0 Å². The summed E-state index contributed by atoms with van der Waals surface area (Å²) in [5.74, 6) is 0. The number of nitrogens with one attached hydrogen (secondary N) is 1. The van der Waals surface area contributed by atoms with Gasteiger partial charge >= 0.3 is 0 Å². The van der Waals surface area contributed by atoms with Gasteiger partial charge in [-0.05, 0) is 19.8 Å². The van der Waals surface area contributed by atoms with Gasteiger partial charge in [-0.25, -0.2) is 0 Å². The van der Waals surface area contributed by atoms with Gasteiger partial charge < -0.3 is 20.6 Å². The predicted octanol–water partition coefficient (Wildman–Crippen LogP) is -0.377. The number of hydrogen-bond donors (Lipinski definition) is 4. The molecule has 0 radical (unpaired) electrons. The molecule has 4 nitrogen and oxygen atoms in total. The van der Waals surface area contributed by atoms with Gasteiger partial charge in [-0.2, -0.15) is 0 Å². The van der Waals surface area contributed by atoms with Crippen molar-refractivity contribution in [2.24, 2.45) is 0 Å². The van der Waals surface area contributed by atoms with Gasteiger partial charge in [-0.1, -0.05) is 12.8 Å². The van der Waals surface area contributed by atoms with Crippen LogP contribution in [0.25, 0.3) is 0 Å². The van der Waals surface area contributed by atoms with Crippen molar-refractivity contribution in [3.8, 4) is 0 Å². The van der Waals surface area contributed by atoms with Crippen molar-refractivity contribution >= 4 is 0 Å². The molecule has 14 heavy (non-hydrogen) atoms. The maximum absolute atomic E-state index is 9.70. The fraction of sp³-hybridized carbons (Fsp3) is 1.00. The lowest BCUT2D eigenvalue weighted by molar-refractivity contribution is 0.0385. The molecule has 2 atom stereocenters. The topological polar surface area (TPSA) is 72.7 Å². The number of hydrogen-bond acceptors (Lipinski definition) is 4. The summed E-state index contributed by atoms with van der Waals surface area (Å²) in [6.45, 7) is 1.52. The van der Waals surface area contributed by atoms with E-state index in [1.54, 1.807) is 6.92 Å². The summed E-state index contributed by atoms with van der Waals surface area (Å²) in [7, 11) is 0. The molecule has 0 bridgehead atoms. The maximum atomic E-state index is 9.70. The third-order valence-corrected chi connectivity index (χ3v) is 2.96. The summed E-state index contributed by atoms with van der Waals surface area (Å²) in [5.41, 5.74) is -0.678. The van der Waals surface area contributed by atoms with E-state index < -0.39 is 5.54 Å². The second kappa shape index (κ2) is 5.07. The van der Waals surface area contributed by atoms with Crippen LogP contribution in [0.4, 0.5) is 0 Å². The van der Waals surface area contributed by atoms with Crippen molar-refractivity contribution in [1.29, 1.82) is 0 Å². The van der Waals surface area contributed by atoms with Crippen LogP contribution in [0.3, 0.4) is 0 Å². The molecule has 1 rings (SSSR count). The summed E-state index contributed by atoms with van der Waals surface area (Å²) in [5, 5.41) is 31.0. The fourth-order valence-electron chi connectivity index (χ4n) is 1.87. The van der Waals surface area contributed by atoms with Crippen LogP contribution in [-0.2, 0) is 0 Å². The zero-order chi connectivity index (χ0) is 10.6. The highest BCUT2D eigenvalue weighted by Crippen LogP contribution is 2.20. The van der Waals surface area contributed by atoms with E-state index in [1.165, 1.54) is 0 Å². The molecule has 0 aromatic carbocycles. The molecule has 1 fully saturated rings. The SMILES string of the molecule is CC(CO)(CO)N[C@@H]1CCCC[C@H]1O. The Bertz CT molecular complexity index is 171. The Hall–Kier alpha value is -0.160. The van der Waals surface area contributed by atoms with Gasteiger partial charge in [0, 0.05) is 6.04 Å². The van der Waals surface area contributed by atoms with Crippen molar-refractivity contribution in [1.82, 2.24) is 5.32 Å². The van der Waals surface area contributed by atoms with Crippen LogP contribution in [0.5, 0.6) is 0 Å². The Morgan fingerprint density at radius 1 is 1.21 bits per heavy atom. The highest BCUT2D eigenvalue weighted by molar-refractivity contribution is 4.90. The molecule has 0 spiro atoms. The van der Waals surface area contributed by atoms with E-state index in [0.717, 1.165) is 25.7 Å². The van der Waals surface area contributed by atoms with Crippen LogP contribution in [-0.4, -0.2) is 46.2 Å². The van der Waals surface area contributed by atoms with E-state index in [-0.39, 0.29) is 25.4 Å². The Morgan fingerprint density at radius 3 is 2.29 bits per heavy atom. The van der Waals surface area contributed by atoms with E-state index in [1.807, 2.05) is 0 Å². The molecule has 1 aliphatic rings. The summed E-state index contributed by atoms with van der Waals surface area (Å²) in [6.07, 6.45) is 3.54. The third kappa shape index (κ3) is 2.92. The summed E-state index contributed by atoms with van der Waals surface area (Å²) in [4.78, 5) is 0. The molecule has 84 valence electrons. The van der Waals surface area contributed by atoms with Gasteiger partial charge in [0.25, 0.3) is 0 Å². The number of aliphatic hydroxyl groups is 3. The molecule has 0 heterocycles. The first-order chi connectivity index (χ1) is 6.61. The van der Waals surface area contributed by atoms with Crippen molar-refractivity contribution in [3.63, 3.8) is 0 Å². The lowest BCUT2D eigenvalue weighted by Gasteiger charge is -2.36. The van der Waals surface area contributed by atoms with Crippen molar-refractivity contribution in [2.45, 2.75) is 50.3 Å². The van der Waals surface area contributed by atoms with E-state index in [0.29, 0.717) is 0 Å². The Kier molecular flexibility index (Phi) is 4.31. The smallest absolute Gasteiger partial charge is 0.0693 e.